The molecule has 0 saturated heterocycles. The Morgan fingerprint density at radius 2 is 2.03 bits per heavy atom. The summed E-state index contributed by atoms with van der Waals surface area (Å²) in [7, 11) is 1.35. The molecule has 2 heterocycles. The Bertz CT molecular complexity index is 1120. The molecular weight excluding hydrogens is 404 g/mol. The maximum absolute atomic E-state index is 13.0. The fraction of sp³-hybridized carbons (Fsp3) is 0.136. The van der Waals surface area contributed by atoms with Crippen LogP contribution in [0.5, 0.6) is 5.75 Å². The lowest BCUT2D eigenvalue weighted by Crippen LogP contribution is -2.29. The number of benzene rings is 2. The van der Waals surface area contributed by atoms with Gasteiger partial charge in [-0.05, 0) is 23.8 Å². The van der Waals surface area contributed by atoms with Crippen molar-refractivity contribution in [2.75, 3.05) is 19.0 Å². The molecule has 1 aliphatic heterocycles. The Morgan fingerprint density at radius 3 is 2.77 bits per heavy atom. The van der Waals surface area contributed by atoms with E-state index < -0.39 is 12.0 Å². The summed E-state index contributed by atoms with van der Waals surface area (Å²) in [6.07, 6.45) is 3.10. The Morgan fingerprint density at radius 1 is 1.27 bits per heavy atom. The first-order valence-corrected chi connectivity index (χ1v) is 9.59. The number of anilines is 1. The van der Waals surface area contributed by atoms with Gasteiger partial charge in [-0.3, -0.25) is 0 Å². The number of halogens is 1. The third-order valence-corrected chi connectivity index (χ3v) is 4.96. The lowest BCUT2D eigenvalue weighted by Gasteiger charge is -2.30. The predicted molar refractivity (Wildman–Crippen MR) is 114 cm³/mol. The average molecular weight is 423 g/mol. The number of ether oxygens (including phenoxy) is 2. The molecule has 0 amide bonds. The molecule has 0 bridgehead atoms. The van der Waals surface area contributed by atoms with Gasteiger partial charge in [0.05, 0.1) is 18.4 Å². The van der Waals surface area contributed by atoms with Crippen molar-refractivity contribution in [2.24, 2.45) is 0 Å². The SMILES string of the molecule is C=CCOc1ccccc1[C@H]1C(C(=O)OC)=C(c2ccc(Cl)cc2)Nc2ncnn21. The lowest BCUT2D eigenvalue weighted by molar-refractivity contribution is -0.136. The number of aromatic nitrogens is 3. The van der Waals surface area contributed by atoms with Gasteiger partial charge in [0, 0.05) is 10.6 Å². The van der Waals surface area contributed by atoms with Gasteiger partial charge in [0.15, 0.2) is 0 Å². The second kappa shape index (κ2) is 8.42. The zero-order valence-electron chi connectivity index (χ0n) is 16.2. The number of methoxy groups -OCH3 is 1. The fourth-order valence-electron chi connectivity index (χ4n) is 3.41. The highest BCUT2D eigenvalue weighted by Gasteiger charge is 2.37. The van der Waals surface area contributed by atoms with E-state index in [1.165, 1.54) is 13.4 Å². The molecule has 0 radical (unpaired) electrons. The quantitative estimate of drug-likeness (QED) is 0.476. The number of nitrogens with zero attached hydrogens (tertiary/aromatic N) is 3. The second-order valence-corrected chi connectivity index (χ2v) is 6.92. The van der Waals surface area contributed by atoms with Gasteiger partial charge in [0.25, 0.3) is 0 Å². The van der Waals surface area contributed by atoms with Crippen molar-refractivity contribution in [1.82, 2.24) is 14.8 Å². The van der Waals surface area contributed by atoms with E-state index in [1.807, 2.05) is 36.4 Å². The van der Waals surface area contributed by atoms with Crippen LogP contribution < -0.4 is 10.1 Å². The second-order valence-electron chi connectivity index (χ2n) is 6.48. The molecule has 4 rings (SSSR count). The standard InChI is InChI=1S/C22H19ClN4O3/c1-3-12-30-17-7-5-4-6-16(17)20-18(21(28)29-2)19(14-8-10-15(23)11-9-14)26-22-24-13-25-27(20)22/h3-11,13,20H,1,12H2,2H3,(H,24,25,26)/t20-/m0/s1. The molecule has 0 aliphatic carbocycles. The largest absolute Gasteiger partial charge is 0.489 e. The number of hydrogen-bond donors (Lipinski definition) is 1. The fourth-order valence-corrected chi connectivity index (χ4v) is 3.53. The summed E-state index contributed by atoms with van der Waals surface area (Å²) in [6.45, 7) is 4.03. The van der Waals surface area contributed by atoms with Crippen LogP contribution in [0.4, 0.5) is 5.95 Å². The van der Waals surface area contributed by atoms with E-state index in [9.17, 15) is 4.79 Å². The van der Waals surface area contributed by atoms with Gasteiger partial charge in [-0.15, -0.1) is 0 Å². The molecule has 1 N–H and O–H groups in total. The predicted octanol–water partition coefficient (Wildman–Crippen LogP) is 4.10. The number of esters is 1. The molecule has 0 fully saturated rings. The Labute approximate surface area is 178 Å². The van der Waals surface area contributed by atoms with Crippen LogP contribution in [0.15, 0.2) is 73.1 Å². The van der Waals surface area contributed by atoms with Crippen molar-refractivity contribution < 1.29 is 14.3 Å². The molecule has 30 heavy (non-hydrogen) atoms. The zero-order valence-corrected chi connectivity index (χ0v) is 17.0. The van der Waals surface area contributed by atoms with Crippen LogP contribution in [0.1, 0.15) is 17.2 Å². The molecule has 0 unspecified atom stereocenters. The number of carbonyl (C=O) groups excluding carboxylic acids is 1. The first-order chi connectivity index (χ1) is 14.6. The minimum atomic E-state index is -0.608. The van der Waals surface area contributed by atoms with Gasteiger partial charge in [-0.2, -0.15) is 10.1 Å². The van der Waals surface area contributed by atoms with Crippen LogP contribution in [0, 0.1) is 0 Å². The minimum absolute atomic E-state index is 0.327. The molecule has 1 aliphatic rings. The number of hydrogen-bond acceptors (Lipinski definition) is 6. The maximum Gasteiger partial charge on any atom is 0.338 e. The van der Waals surface area contributed by atoms with Crippen LogP contribution in [0.2, 0.25) is 5.02 Å². The summed E-state index contributed by atoms with van der Waals surface area (Å²) in [5.41, 5.74) is 2.47. The highest BCUT2D eigenvalue weighted by Crippen LogP contribution is 2.41. The van der Waals surface area contributed by atoms with Crippen LogP contribution in [0.25, 0.3) is 5.70 Å². The van der Waals surface area contributed by atoms with Crippen LogP contribution >= 0.6 is 11.6 Å². The van der Waals surface area contributed by atoms with Gasteiger partial charge < -0.3 is 14.8 Å². The van der Waals surface area contributed by atoms with Crippen LogP contribution in [0.3, 0.4) is 0 Å². The van der Waals surface area contributed by atoms with Crippen molar-refractivity contribution in [3.8, 4) is 5.75 Å². The highest BCUT2D eigenvalue weighted by molar-refractivity contribution is 6.30. The minimum Gasteiger partial charge on any atom is -0.489 e. The van der Waals surface area contributed by atoms with Crippen molar-refractivity contribution in [2.45, 2.75) is 6.04 Å². The molecule has 2 aromatic carbocycles. The first kappa shape index (κ1) is 19.7. The monoisotopic (exact) mass is 422 g/mol. The Hall–Kier alpha value is -3.58. The normalized spacial score (nSPS) is 15.2. The van der Waals surface area contributed by atoms with E-state index in [1.54, 1.807) is 22.9 Å². The third kappa shape index (κ3) is 3.55. The average Bonchev–Trinajstić information content (AvgIpc) is 3.25. The van der Waals surface area contributed by atoms with Crippen molar-refractivity contribution in [3.05, 3.63) is 89.2 Å². The molecule has 3 aromatic rings. The Balaban J connectivity index is 1.96. The lowest BCUT2D eigenvalue weighted by atomic mass is 9.92. The maximum atomic E-state index is 13.0. The van der Waals surface area contributed by atoms with Crippen LogP contribution in [-0.2, 0) is 9.53 Å². The molecule has 0 spiro atoms. The summed E-state index contributed by atoms with van der Waals surface area (Å²) in [5.74, 6) is 0.621. The van der Waals surface area contributed by atoms with Gasteiger partial charge in [-0.1, -0.05) is 54.6 Å². The van der Waals surface area contributed by atoms with Crippen LogP contribution in [-0.4, -0.2) is 34.5 Å². The number of para-hydroxylation sites is 1. The molecule has 7 nitrogen and oxygen atoms in total. The topological polar surface area (TPSA) is 78.3 Å². The van der Waals surface area contributed by atoms with Gasteiger partial charge in [0.1, 0.15) is 24.7 Å². The number of fused-ring (bicyclic) bond motifs is 1. The van der Waals surface area contributed by atoms with E-state index in [-0.39, 0.29) is 0 Å². The summed E-state index contributed by atoms with van der Waals surface area (Å²) in [6, 6.07) is 14.1. The molecule has 0 saturated carbocycles. The van der Waals surface area contributed by atoms with Crippen molar-refractivity contribution in [3.63, 3.8) is 0 Å². The summed E-state index contributed by atoms with van der Waals surface area (Å²) >= 11 is 6.06. The first-order valence-electron chi connectivity index (χ1n) is 9.21. The van der Waals surface area contributed by atoms with Crippen molar-refractivity contribution >= 4 is 29.2 Å². The Kier molecular flexibility index (Phi) is 5.54. The van der Waals surface area contributed by atoms with E-state index in [0.29, 0.717) is 34.6 Å². The number of nitrogens with one attached hydrogen (secondary N) is 1. The summed E-state index contributed by atoms with van der Waals surface area (Å²) < 4.78 is 12.6. The third-order valence-electron chi connectivity index (χ3n) is 4.71. The molecule has 152 valence electrons. The van der Waals surface area contributed by atoms with Gasteiger partial charge in [-0.25, -0.2) is 9.48 Å². The molecule has 1 aromatic heterocycles. The van der Waals surface area contributed by atoms with E-state index in [0.717, 1.165) is 11.1 Å². The van der Waals surface area contributed by atoms with Gasteiger partial charge >= 0.3 is 5.97 Å². The molecule has 1 atom stereocenters. The summed E-state index contributed by atoms with van der Waals surface area (Å²) in [4.78, 5) is 17.3. The van der Waals surface area contributed by atoms with E-state index in [2.05, 4.69) is 22.0 Å². The smallest absolute Gasteiger partial charge is 0.338 e. The van der Waals surface area contributed by atoms with Crippen molar-refractivity contribution in [1.29, 1.82) is 0 Å². The molecular formula is C22H19ClN4O3. The number of carbonyl (C=O) groups is 1. The molecule has 8 heteroatoms. The highest BCUT2D eigenvalue weighted by atomic mass is 35.5. The van der Waals surface area contributed by atoms with E-state index >= 15 is 0 Å². The zero-order chi connectivity index (χ0) is 21.1. The number of rotatable bonds is 6. The van der Waals surface area contributed by atoms with E-state index in [4.69, 9.17) is 21.1 Å². The summed E-state index contributed by atoms with van der Waals surface area (Å²) in [5, 5.41) is 8.15. The van der Waals surface area contributed by atoms with Gasteiger partial charge in [0.2, 0.25) is 5.95 Å².